The maximum absolute atomic E-state index is 11.8. The van der Waals surface area contributed by atoms with Crippen molar-refractivity contribution in [1.82, 2.24) is 10.6 Å². The Morgan fingerprint density at radius 2 is 2.00 bits per heavy atom. The van der Waals surface area contributed by atoms with Crippen LogP contribution < -0.4 is 20.3 Å². The Morgan fingerprint density at radius 1 is 1.27 bits per heavy atom. The van der Waals surface area contributed by atoms with Gasteiger partial charge in [-0.2, -0.15) is 0 Å². The molecule has 1 aromatic carbocycles. The molecule has 0 radical (unpaired) electrons. The highest BCUT2D eigenvalue weighted by atomic mass is 16.5. The first-order chi connectivity index (χ1) is 10.5. The van der Waals surface area contributed by atoms with E-state index < -0.39 is 0 Å². The van der Waals surface area contributed by atoms with Crippen molar-refractivity contribution in [3.8, 4) is 5.75 Å². The largest absolute Gasteiger partial charge is 0.482 e. The molecule has 7 nitrogen and oxygen atoms in total. The summed E-state index contributed by atoms with van der Waals surface area (Å²) >= 11 is 0. The molecule has 0 atom stereocenters. The number of carbonyl (C=O) groups excluding carboxylic acids is 3. The molecule has 0 saturated carbocycles. The summed E-state index contributed by atoms with van der Waals surface area (Å²) in [7, 11) is 1.68. The molecular weight excluding hydrogens is 286 g/mol. The van der Waals surface area contributed by atoms with Crippen molar-refractivity contribution in [1.29, 1.82) is 0 Å². The molecule has 2 N–H and O–H groups in total. The van der Waals surface area contributed by atoms with Gasteiger partial charge in [0.2, 0.25) is 11.8 Å². The van der Waals surface area contributed by atoms with Gasteiger partial charge in [0, 0.05) is 27.1 Å². The highest BCUT2D eigenvalue weighted by molar-refractivity contribution is 5.97. The minimum absolute atomic E-state index is 0.0342. The van der Waals surface area contributed by atoms with Crippen molar-refractivity contribution >= 4 is 23.4 Å². The Balaban J connectivity index is 1.92. The monoisotopic (exact) mass is 305 g/mol. The molecule has 0 bridgehead atoms. The summed E-state index contributed by atoms with van der Waals surface area (Å²) < 4.78 is 5.34. The van der Waals surface area contributed by atoms with Crippen LogP contribution in [0.25, 0.3) is 0 Å². The van der Waals surface area contributed by atoms with Gasteiger partial charge in [-0.15, -0.1) is 0 Å². The third kappa shape index (κ3) is 3.97. The van der Waals surface area contributed by atoms with Gasteiger partial charge in [0.1, 0.15) is 5.75 Å². The Bertz CT molecular complexity index is 600. The Labute approximate surface area is 128 Å². The molecule has 0 unspecified atom stereocenters. The van der Waals surface area contributed by atoms with Gasteiger partial charge in [-0.05, 0) is 17.7 Å². The zero-order valence-electron chi connectivity index (χ0n) is 12.6. The molecular formula is C15H19N3O4. The van der Waals surface area contributed by atoms with Gasteiger partial charge in [0.15, 0.2) is 6.61 Å². The number of nitrogens with one attached hydrogen (secondary N) is 2. The van der Waals surface area contributed by atoms with Gasteiger partial charge in [0.05, 0.1) is 12.1 Å². The van der Waals surface area contributed by atoms with E-state index >= 15 is 0 Å². The molecule has 22 heavy (non-hydrogen) atoms. The summed E-state index contributed by atoms with van der Waals surface area (Å²) in [6, 6.07) is 5.34. The number of amides is 3. The first kappa shape index (κ1) is 15.8. The van der Waals surface area contributed by atoms with Gasteiger partial charge in [0.25, 0.3) is 5.91 Å². The quantitative estimate of drug-likeness (QED) is 0.740. The van der Waals surface area contributed by atoms with E-state index in [4.69, 9.17) is 4.74 Å². The molecule has 2 rings (SSSR count). The van der Waals surface area contributed by atoms with Gasteiger partial charge in [-0.25, -0.2) is 0 Å². The number of fused-ring (bicyclic) bond motifs is 1. The second-order valence-corrected chi connectivity index (χ2v) is 5.05. The van der Waals surface area contributed by atoms with Gasteiger partial charge < -0.3 is 20.3 Å². The Hall–Kier alpha value is -2.57. The Kier molecular flexibility index (Phi) is 4.98. The lowest BCUT2D eigenvalue weighted by Gasteiger charge is -2.26. The summed E-state index contributed by atoms with van der Waals surface area (Å²) in [5.41, 5.74) is 1.46. The van der Waals surface area contributed by atoms with Crippen LogP contribution in [0.3, 0.4) is 0 Å². The first-order valence-corrected chi connectivity index (χ1v) is 7.01. The fourth-order valence-corrected chi connectivity index (χ4v) is 2.12. The smallest absolute Gasteiger partial charge is 0.264 e. The van der Waals surface area contributed by atoms with E-state index in [-0.39, 0.29) is 30.7 Å². The highest BCUT2D eigenvalue weighted by Crippen LogP contribution is 2.31. The van der Waals surface area contributed by atoms with Crippen molar-refractivity contribution in [2.75, 3.05) is 31.6 Å². The molecule has 0 spiro atoms. The molecule has 1 heterocycles. The minimum Gasteiger partial charge on any atom is -0.482 e. The summed E-state index contributed by atoms with van der Waals surface area (Å²) in [5.74, 6) is 0.244. The maximum atomic E-state index is 11.8. The molecule has 1 aliphatic heterocycles. The van der Waals surface area contributed by atoms with Crippen LogP contribution >= 0.6 is 0 Å². The fraction of sp³-hybridized carbons (Fsp3) is 0.400. The van der Waals surface area contributed by atoms with Crippen LogP contribution in [0.5, 0.6) is 5.75 Å². The number of hydrogen-bond acceptors (Lipinski definition) is 4. The summed E-state index contributed by atoms with van der Waals surface area (Å²) in [6.45, 7) is 2.24. The van der Waals surface area contributed by atoms with Gasteiger partial charge in [-0.1, -0.05) is 6.07 Å². The lowest BCUT2D eigenvalue weighted by Crippen LogP contribution is -2.36. The average molecular weight is 305 g/mol. The van der Waals surface area contributed by atoms with Crippen LogP contribution in [-0.4, -0.2) is 44.5 Å². The normalized spacial score (nSPS) is 13.2. The fourth-order valence-electron chi connectivity index (χ4n) is 2.12. The molecule has 3 amide bonds. The number of likely N-dealkylation sites (N-methyl/N-ethyl adjacent to an activating group) is 1. The van der Waals surface area contributed by atoms with Gasteiger partial charge >= 0.3 is 0 Å². The minimum atomic E-state index is -0.143. The number of anilines is 1. The van der Waals surface area contributed by atoms with E-state index in [0.29, 0.717) is 24.5 Å². The van der Waals surface area contributed by atoms with E-state index in [1.807, 2.05) is 0 Å². The molecule has 118 valence electrons. The predicted molar refractivity (Wildman–Crippen MR) is 80.7 cm³/mol. The molecule has 0 aliphatic carbocycles. The van der Waals surface area contributed by atoms with Crippen LogP contribution in [0.2, 0.25) is 0 Å². The first-order valence-electron chi connectivity index (χ1n) is 7.01. The summed E-state index contributed by atoms with van der Waals surface area (Å²) in [6.07, 6.45) is 0.204. The second kappa shape index (κ2) is 6.93. The number of ether oxygens (including phenoxy) is 1. The SMILES string of the molecule is CC(=O)NCCNC(=O)Cc1ccc2c(c1)N(C)C(=O)CO2. The van der Waals surface area contributed by atoms with Crippen molar-refractivity contribution in [2.45, 2.75) is 13.3 Å². The molecule has 0 saturated heterocycles. The number of benzene rings is 1. The Morgan fingerprint density at radius 3 is 2.73 bits per heavy atom. The molecule has 0 aromatic heterocycles. The van der Waals surface area contributed by atoms with E-state index in [2.05, 4.69) is 10.6 Å². The van der Waals surface area contributed by atoms with Crippen molar-refractivity contribution in [2.24, 2.45) is 0 Å². The van der Waals surface area contributed by atoms with E-state index in [1.165, 1.54) is 11.8 Å². The third-order valence-electron chi connectivity index (χ3n) is 3.30. The van der Waals surface area contributed by atoms with Crippen LogP contribution in [0.15, 0.2) is 18.2 Å². The lowest BCUT2D eigenvalue weighted by molar-refractivity contribution is -0.121. The van der Waals surface area contributed by atoms with E-state index in [1.54, 1.807) is 25.2 Å². The van der Waals surface area contributed by atoms with Crippen molar-refractivity contribution in [3.63, 3.8) is 0 Å². The highest BCUT2D eigenvalue weighted by Gasteiger charge is 2.22. The maximum Gasteiger partial charge on any atom is 0.264 e. The van der Waals surface area contributed by atoms with Crippen LogP contribution in [0.1, 0.15) is 12.5 Å². The number of nitrogens with zero attached hydrogens (tertiary/aromatic N) is 1. The molecule has 7 heteroatoms. The number of carbonyl (C=O) groups is 3. The van der Waals surface area contributed by atoms with Gasteiger partial charge in [-0.3, -0.25) is 14.4 Å². The second-order valence-electron chi connectivity index (χ2n) is 5.05. The lowest BCUT2D eigenvalue weighted by atomic mass is 10.1. The molecule has 1 aliphatic rings. The van der Waals surface area contributed by atoms with Crippen LogP contribution in [-0.2, 0) is 20.8 Å². The zero-order valence-corrected chi connectivity index (χ0v) is 12.6. The topological polar surface area (TPSA) is 87.7 Å². The summed E-state index contributed by atoms with van der Waals surface area (Å²) in [5, 5.41) is 5.32. The molecule has 0 fully saturated rings. The predicted octanol–water partition coefficient (Wildman–Crippen LogP) is -0.163. The number of rotatable bonds is 5. The standard InChI is InChI=1S/C15H19N3O4/c1-10(19)16-5-6-17-14(20)8-11-3-4-13-12(7-11)18(2)15(21)9-22-13/h3-4,7H,5-6,8-9H2,1-2H3,(H,16,19)(H,17,20). The zero-order chi connectivity index (χ0) is 16.1. The summed E-state index contributed by atoms with van der Waals surface area (Å²) in [4.78, 5) is 35.7. The van der Waals surface area contributed by atoms with Crippen molar-refractivity contribution in [3.05, 3.63) is 23.8 Å². The van der Waals surface area contributed by atoms with E-state index in [0.717, 1.165) is 5.56 Å². The van der Waals surface area contributed by atoms with Crippen LogP contribution in [0.4, 0.5) is 5.69 Å². The van der Waals surface area contributed by atoms with Crippen LogP contribution in [0, 0.1) is 0 Å². The third-order valence-corrected chi connectivity index (χ3v) is 3.30. The average Bonchev–Trinajstić information content (AvgIpc) is 2.48. The van der Waals surface area contributed by atoms with Crippen molar-refractivity contribution < 1.29 is 19.1 Å². The number of hydrogen-bond donors (Lipinski definition) is 2. The van der Waals surface area contributed by atoms with E-state index in [9.17, 15) is 14.4 Å². The molecule has 1 aromatic rings.